The molecule has 0 aromatic heterocycles. The lowest BCUT2D eigenvalue weighted by Gasteiger charge is -2.19. The van der Waals surface area contributed by atoms with Crippen LogP contribution in [-0.2, 0) is 10.2 Å². The molecule has 2 rings (SSSR count). The molecule has 0 unspecified atom stereocenters. The lowest BCUT2D eigenvalue weighted by Crippen LogP contribution is -2.11. The fraction of sp³-hybridized carbons (Fsp3) is 0.292. The van der Waals surface area contributed by atoms with Crippen molar-refractivity contribution < 1.29 is 9.90 Å². The van der Waals surface area contributed by atoms with Gasteiger partial charge in [0.15, 0.2) is 0 Å². The first-order chi connectivity index (χ1) is 12.2. The van der Waals surface area contributed by atoms with Crippen molar-refractivity contribution in [2.75, 3.05) is 0 Å². The predicted octanol–water partition coefficient (Wildman–Crippen LogP) is 5.57. The number of hydrogen-bond acceptors (Lipinski definition) is 1. The van der Waals surface area contributed by atoms with E-state index in [9.17, 15) is 4.79 Å². The normalized spacial score (nSPS) is 11.7. The van der Waals surface area contributed by atoms with Crippen LogP contribution >= 0.6 is 0 Å². The third-order valence-electron chi connectivity index (χ3n) is 4.35. The summed E-state index contributed by atoms with van der Waals surface area (Å²) in [4.78, 5) is 11.1. The third-order valence-corrected chi connectivity index (χ3v) is 4.35. The van der Waals surface area contributed by atoms with Crippen LogP contribution in [0.4, 0.5) is 0 Å². The Labute approximate surface area is 156 Å². The van der Waals surface area contributed by atoms with Gasteiger partial charge in [-0.3, -0.25) is 0 Å². The van der Waals surface area contributed by atoms with Gasteiger partial charge in [-0.25, -0.2) is 4.79 Å². The maximum Gasteiger partial charge on any atom is 0.331 e. The highest BCUT2D eigenvalue weighted by molar-refractivity contribution is 5.92. The highest BCUT2D eigenvalue weighted by atomic mass is 16.4. The lowest BCUT2D eigenvalue weighted by atomic mass is 9.85. The van der Waals surface area contributed by atoms with Crippen LogP contribution in [0.5, 0.6) is 0 Å². The van der Waals surface area contributed by atoms with E-state index < -0.39 is 5.97 Å². The Balaban J connectivity index is 2.27. The molecule has 0 fully saturated rings. The maximum absolute atomic E-state index is 11.1. The minimum Gasteiger partial charge on any atom is -0.478 e. The smallest absolute Gasteiger partial charge is 0.331 e. The van der Waals surface area contributed by atoms with Crippen molar-refractivity contribution in [1.82, 2.24) is 0 Å². The van der Waals surface area contributed by atoms with E-state index in [-0.39, 0.29) is 5.41 Å². The fourth-order valence-corrected chi connectivity index (χ4v) is 2.54. The summed E-state index contributed by atoms with van der Waals surface area (Å²) in [5.41, 5.74) is 5.77. The summed E-state index contributed by atoms with van der Waals surface area (Å²) in [6, 6.07) is 14.1. The third kappa shape index (κ3) is 5.10. The van der Waals surface area contributed by atoms with E-state index in [1.54, 1.807) is 6.08 Å². The first kappa shape index (κ1) is 19.5. The summed E-state index contributed by atoms with van der Waals surface area (Å²) in [6.45, 7) is 10.5. The molecule has 0 amide bonds. The van der Waals surface area contributed by atoms with Gasteiger partial charge in [-0.2, -0.15) is 0 Å². The van der Waals surface area contributed by atoms with Gasteiger partial charge in [0.1, 0.15) is 0 Å². The molecular weight excluding hydrogens is 320 g/mol. The summed E-state index contributed by atoms with van der Waals surface area (Å²) in [7, 11) is 0. The molecule has 2 aromatic carbocycles. The number of benzene rings is 2. The van der Waals surface area contributed by atoms with Crippen LogP contribution in [0.25, 0.3) is 6.08 Å². The van der Waals surface area contributed by atoms with E-state index in [1.165, 1.54) is 11.1 Å². The first-order valence-electron chi connectivity index (χ1n) is 8.88. The molecule has 0 heterocycles. The molecule has 0 spiro atoms. The van der Waals surface area contributed by atoms with Gasteiger partial charge >= 0.3 is 5.97 Å². The van der Waals surface area contributed by atoms with E-state index >= 15 is 0 Å². The van der Waals surface area contributed by atoms with Crippen LogP contribution in [-0.4, -0.2) is 11.1 Å². The number of aryl methyl sites for hydroxylation is 1. The highest BCUT2D eigenvalue weighted by Gasteiger charge is 2.14. The van der Waals surface area contributed by atoms with Gasteiger partial charge in [0, 0.05) is 16.7 Å². The van der Waals surface area contributed by atoms with Crippen molar-refractivity contribution in [3.8, 4) is 11.8 Å². The zero-order valence-electron chi connectivity index (χ0n) is 16.2. The van der Waals surface area contributed by atoms with Crippen LogP contribution in [0.2, 0.25) is 0 Å². The Morgan fingerprint density at radius 2 is 1.73 bits per heavy atom. The molecule has 134 valence electrons. The Morgan fingerprint density at radius 3 is 2.27 bits per heavy atom. The molecule has 0 aliphatic heterocycles. The van der Waals surface area contributed by atoms with Crippen LogP contribution in [0.1, 0.15) is 61.9 Å². The summed E-state index contributed by atoms with van der Waals surface area (Å²) in [6.07, 6.45) is 2.21. The zero-order chi connectivity index (χ0) is 19.3. The van der Waals surface area contributed by atoms with Crippen molar-refractivity contribution in [2.24, 2.45) is 0 Å². The molecule has 0 aliphatic carbocycles. The Kier molecular flexibility index (Phi) is 6.05. The van der Waals surface area contributed by atoms with E-state index in [0.29, 0.717) is 12.0 Å². The second-order valence-corrected chi connectivity index (χ2v) is 7.48. The van der Waals surface area contributed by atoms with Crippen molar-refractivity contribution in [3.63, 3.8) is 0 Å². The Bertz CT molecular complexity index is 883. The first-order valence-corrected chi connectivity index (χ1v) is 8.88. The molecule has 1 N–H and O–H groups in total. The number of aliphatic carboxylic acids is 1. The Hall–Kier alpha value is -2.79. The minimum atomic E-state index is -0.870. The molecule has 26 heavy (non-hydrogen) atoms. The van der Waals surface area contributed by atoms with Gasteiger partial charge in [-0.15, -0.1) is 0 Å². The molecule has 0 bridgehead atoms. The van der Waals surface area contributed by atoms with Gasteiger partial charge < -0.3 is 5.11 Å². The second kappa shape index (κ2) is 8.06. The van der Waals surface area contributed by atoms with E-state index in [2.05, 4.69) is 57.7 Å². The molecule has 0 aliphatic rings. The number of carboxylic acids is 1. The van der Waals surface area contributed by atoms with Crippen LogP contribution in [0.15, 0.2) is 48.0 Å². The number of rotatable bonds is 3. The van der Waals surface area contributed by atoms with Crippen LogP contribution in [0, 0.1) is 18.8 Å². The molecule has 0 radical (unpaired) electrons. The number of hydrogen-bond donors (Lipinski definition) is 1. The molecule has 2 aromatic rings. The average Bonchev–Trinajstić information content (AvgIpc) is 2.58. The largest absolute Gasteiger partial charge is 0.478 e. The van der Waals surface area contributed by atoms with Gasteiger partial charge in [0.25, 0.3) is 0 Å². The zero-order valence-corrected chi connectivity index (χ0v) is 16.2. The standard InChI is InChI=1S/C24H26O2/c1-6-20(23(25)26)15-19-10-8-18(9-11-19)12-13-21-16-22(24(3,4)5)14-7-17(21)2/h7-11,14-16H,6H2,1-5H3,(H,25,26). The molecule has 0 atom stereocenters. The van der Waals surface area contributed by atoms with Gasteiger partial charge in [-0.1, -0.05) is 63.8 Å². The SMILES string of the molecule is CCC(=Cc1ccc(C#Cc2cc(C(C)(C)C)ccc2C)cc1)C(=O)O. The molecular formula is C24H26O2. The summed E-state index contributed by atoms with van der Waals surface area (Å²) in [5, 5.41) is 9.11. The second-order valence-electron chi connectivity index (χ2n) is 7.48. The predicted molar refractivity (Wildman–Crippen MR) is 108 cm³/mol. The number of carboxylic acid groups (broad SMARTS) is 1. The van der Waals surface area contributed by atoms with Crippen molar-refractivity contribution in [3.05, 3.63) is 75.9 Å². The average molecular weight is 346 g/mol. The Morgan fingerprint density at radius 1 is 1.08 bits per heavy atom. The quantitative estimate of drug-likeness (QED) is 0.583. The van der Waals surface area contributed by atoms with Gasteiger partial charge in [-0.05, 0) is 59.7 Å². The van der Waals surface area contributed by atoms with Crippen LogP contribution < -0.4 is 0 Å². The topological polar surface area (TPSA) is 37.3 Å². The van der Waals surface area contributed by atoms with E-state index in [0.717, 1.165) is 16.7 Å². The highest BCUT2D eigenvalue weighted by Crippen LogP contribution is 2.24. The maximum atomic E-state index is 11.1. The molecule has 2 nitrogen and oxygen atoms in total. The van der Waals surface area contributed by atoms with Gasteiger partial charge in [0.2, 0.25) is 0 Å². The summed E-state index contributed by atoms with van der Waals surface area (Å²) < 4.78 is 0. The van der Waals surface area contributed by atoms with Crippen molar-refractivity contribution >= 4 is 12.0 Å². The lowest BCUT2D eigenvalue weighted by molar-refractivity contribution is -0.132. The molecule has 0 saturated heterocycles. The fourth-order valence-electron chi connectivity index (χ4n) is 2.54. The monoisotopic (exact) mass is 346 g/mol. The van der Waals surface area contributed by atoms with Crippen molar-refractivity contribution in [1.29, 1.82) is 0 Å². The summed E-state index contributed by atoms with van der Waals surface area (Å²) in [5.74, 6) is 5.61. The molecule has 0 saturated carbocycles. The van der Waals surface area contributed by atoms with Crippen LogP contribution in [0.3, 0.4) is 0 Å². The van der Waals surface area contributed by atoms with E-state index in [1.807, 2.05) is 31.2 Å². The van der Waals surface area contributed by atoms with Gasteiger partial charge in [0.05, 0.1) is 0 Å². The number of carbonyl (C=O) groups is 1. The van der Waals surface area contributed by atoms with Crippen molar-refractivity contribution in [2.45, 2.75) is 46.5 Å². The van der Waals surface area contributed by atoms with E-state index in [4.69, 9.17) is 5.11 Å². The minimum absolute atomic E-state index is 0.0965. The molecule has 2 heteroatoms. The summed E-state index contributed by atoms with van der Waals surface area (Å²) >= 11 is 0.